The van der Waals surface area contributed by atoms with Crippen LogP contribution in [0.25, 0.3) is 0 Å². The highest BCUT2D eigenvalue weighted by Gasteiger charge is 2.11. The topological polar surface area (TPSA) is 61.4 Å². The van der Waals surface area contributed by atoms with Gasteiger partial charge in [0, 0.05) is 12.2 Å². The molecular weight excluding hydrogens is 276 g/mol. The molecule has 0 bridgehead atoms. The van der Waals surface area contributed by atoms with Crippen LogP contribution in [0, 0.1) is 0 Å². The van der Waals surface area contributed by atoms with E-state index in [2.05, 4.69) is 24.5 Å². The Morgan fingerprint density at radius 3 is 2.36 bits per heavy atom. The molecule has 2 rings (SSSR count). The minimum absolute atomic E-state index is 0.166. The van der Waals surface area contributed by atoms with Gasteiger partial charge in [-0.2, -0.15) is 0 Å². The maximum Gasteiger partial charge on any atom is 0.319 e. The zero-order valence-electron chi connectivity index (χ0n) is 12.9. The fourth-order valence-electron chi connectivity index (χ4n) is 2.26. The quantitative estimate of drug-likeness (QED) is 0.789. The molecule has 1 atom stereocenters. The second kappa shape index (κ2) is 7.61. The molecule has 0 aromatic heterocycles. The van der Waals surface area contributed by atoms with Gasteiger partial charge in [0.05, 0.1) is 6.10 Å². The summed E-state index contributed by atoms with van der Waals surface area (Å²) in [7, 11) is 0. The first kappa shape index (κ1) is 16.0. The molecule has 0 heterocycles. The molecule has 116 valence electrons. The summed E-state index contributed by atoms with van der Waals surface area (Å²) < 4.78 is 0. The molecular formula is C18H22N2O2. The normalized spacial score (nSPS) is 12.0. The molecule has 22 heavy (non-hydrogen) atoms. The van der Waals surface area contributed by atoms with Crippen LogP contribution in [-0.4, -0.2) is 17.7 Å². The lowest BCUT2D eigenvalue weighted by Crippen LogP contribution is -2.32. The van der Waals surface area contributed by atoms with Crippen molar-refractivity contribution < 1.29 is 9.90 Å². The molecule has 0 aliphatic rings. The average molecular weight is 298 g/mol. The minimum atomic E-state index is -0.715. The van der Waals surface area contributed by atoms with Crippen molar-refractivity contribution in [2.75, 3.05) is 11.9 Å². The molecule has 1 unspecified atom stereocenters. The van der Waals surface area contributed by atoms with Crippen molar-refractivity contribution in [1.29, 1.82) is 0 Å². The van der Waals surface area contributed by atoms with Crippen LogP contribution in [0.5, 0.6) is 0 Å². The number of anilines is 1. The van der Waals surface area contributed by atoms with Crippen LogP contribution in [-0.2, 0) is 0 Å². The summed E-state index contributed by atoms with van der Waals surface area (Å²) in [6.07, 6.45) is -0.715. The number of hydrogen-bond donors (Lipinski definition) is 3. The predicted octanol–water partition coefficient (Wildman–Crippen LogP) is 3.67. The van der Waals surface area contributed by atoms with Gasteiger partial charge in [-0.05, 0) is 23.1 Å². The van der Waals surface area contributed by atoms with Gasteiger partial charge in [-0.15, -0.1) is 0 Å². The fourth-order valence-corrected chi connectivity index (χ4v) is 2.26. The van der Waals surface area contributed by atoms with Crippen LogP contribution in [0.1, 0.15) is 37.0 Å². The second-order valence-electron chi connectivity index (χ2n) is 5.50. The van der Waals surface area contributed by atoms with E-state index in [1.165, 1.54) is 0 Å². The summed E-state index contributed by atoms with van der Waals surface area (Å²) in [6, 6.07) is 16.7. The van der Waals surface area contributed by atoms with Gasteiger partial charge in [-0.25, -0.2) is 4.79 Å². The van der Waals surface area contributed by atoms with Gasteiger partial charge in [0.2, 0.25) is 0 Å². The third kappa shape index (κ3) is 4.33. The number of aliphatic hydroxyl groups excluding tert-OH is 1. The molecule has 0 radical (unpaired) electrons. The van der Waals surface area contributed by atoms with E-state index >= 15 is 0 Å². The molecule has 0 saturated carbocycles. The molecule has 0 fully saturated rings. The van der Waals surface area contributed by atoms with Crippen molar-refractivity contribution in [3.8, 4) is 0 Å². The number of benzene rings is 2. The van der Waals surface area contributed by atoms with Crippen LogP contribution < -0.4 is 10.6 Å². The van der Waals surface area contributed by atoms with Crippen molar-refractivity contribution >= 4 is 11.7 Å². The number of para-hydroxylation sites is 1. The number of aliphatic hydroxyl groups is 1. The summed E-state index contributed by atoms with van der Waals surface area (Å²) in [6.45, 7) is 4.33. The van der Waals surface area contributed by atoms with Crippen molar-refractivity contribution in [2.45, 2.75) is 25.9 Å². The Labute approximate surface area is 131 Å². The molecule has 2 amide bonds. The van der Waals surface area contributed by atoms with E-state index in [9.17, 15) is 9.90 Å². The molecule has 2 aromatic rings. The Morgan fingerprint density at radius 2 is 1.68 bits per heavy atom. The smallest absolute Gasteiger partial charge is 0.319 e. The highest BCUT2D eigenvalue weighted by molar-refractivity contribution is 5.90. The number of carbonyl (C=O) groups is 1. The first-order chi connectivity index (χ1) is 10.6. The van der Waals surface area contributed by atoms with Crippen LogP contribution in [0.4, 0.5) is 10.5 Å². The van der Waals surface area contributed by atoms with Crippen molar-refractivity contribution in [3.05, 3.63) is 65.7 Å². The van der Waals surface area contributed by atoms with Gasteiger partial charge in [-0.3, -0.25) is 0 Å². The molecule has 4 heteroatoms. The SMILES string of the molecule is CC(C)c1ccccc1NC(=O)NCC(O)c1ccccc1. The number of carbonyl (C=O) groups excluding carboxylic acids is 1. The maximum absolute atomic E-state index is 12.0. The van der Waals surface area contributed by atoms with E-state index in [0.29, 0.717) is 5.92 Å². The fraction of sp³-hybridized carbons (Fsp3) is 0.278. The molecule has 4 nitrogen and oxygen atoms in total. The maximum atomic E-state index is 12.0. The Morgan fingerprint density at radius 1 is 1.05 bits per heavy atom. The third-order valence-corrected chi connectivity index (χ3v) is 3.47. The number of amides is 2. The molecule has 0 aliphatic carbocycles. The lowest BCUT2D eigenvalue weighted by molar-refractivity contribution is 0.175. The minimum Gasteiger partial charge on any atom is -0.387 e. The van der Waals surface area contributed by atoms with E-state index in [-0.39, 0.29) is 12.6 Å². The third-order valence-electron chi connectivity index (χ3n) is 3.47. The second-order valence-corrected chi connectivity index (χ2v) is 5.50. The first-order valence-electron chi connectivity index (χ1n) is 7.44. The van der Waals surface area contributed by atoms with Crippen LogP contribution in [0.3, 0.4) is 0 Å². The van der Waals surface area contributed by atoms with E-state index < -0.39 is 6.10 Å². The van der Waals surface area contributed by atoms with E-state index in [0.717, 1.165) is 16.8 Å². The first-order valence-corrected chi connectivity index (χ1v) is 7.44. The summed E-state index contributed by atoms with van der Waals surface area (Å²) in [4.78, 5) is 12.0. The van der Waals surface area contributed by atoms with Crippen molar-refractivity contribution in [1.82, 2.24) is 5.32 Å². The number of rotatable bonds is 5. The van der Waals surface area contributed by atoms with Crippen LogP contribution >= 0.6 is 0 Å². The summed E-state index contributed by atoms with van der Waals surface area (Å²) in [5.74, 6) is 0.325. The monoisotopic (exact) mass is 298 g/mol. The van der Waals surface area contributed by atoms with Crippen LogP contribution in [0.15, 0.2) is 54.6 Å². The van der Waals surface area contributed by atoms with E-state index in [4.69, 9.17) is 0 Å². The largest absolute Gasteiger partial charge is 0.387 e. The van der Waals surface area contributed by atoms with Gasteiger partial charge in [0.15, 0.2) is 0 Å². The zero-order chi connectivity index (χ0) is 15.9. The Kier molecular flexibility index (Phi) is 5.55. The highest BCUT2D eigenvalue weighted by atomic mass is 16.3. The number of urea groups is 1. The lowest BCUT2D eigenvalue weighted by atomic mass is 10.0. The Balaban J connectivity index is 1.91. The van der Waals surface area contributed by atoms with Crippen LogP contribution in [0.2, 0.25) is 0 Å². The Bertz CT molecular complexity index is 611. The zero-order valence-corrected chi connectivity index (χ0v) is 12.9. The lowest BCUT2D eigenvalue weighted by Gasteiger charge is -2.16. The van der Waals surface area contributed by atoms with Gasteiger partial charge in [-0.1, -0.05) is 62.4 Å². The van der Waals surface area contributed by atoms with Gasteiger partial charge in [0.25, 0.3) is 0 Å². The standard InChI is InChI=1S/C18H22N2O2/c1-13(2)15-10-6-7-11-16(15)20-18(22)19-12-17(21)14-8-4-3-5-9-14/h3-11,13,17,21H,12H2,1-2H3,(H2,19,20,22). The number of nitrogens with one attached hydrogen (secondary N) is 2. The number of hydrogen-bond acceptors (Lipinski definition) is 2. The van der Waals surface area contributed by atoms with E-state index in [1.54, 1.807) is 0 Å². The summed E-state index contributed by atoms with van der Waals surface area (Å²) in [5.41, 5.74) is 2.66. The van der Waals surface area contributed by atoms with E-state index in [1.807, 2.05) is 54.6 Å². The highest BCUT2D eigenvalue weighted by Crippen LogP contribution is 2.23. The summed E-state index contributed by atoms with van der Waals surface area (Å²) in [5, 5.41) is 15.6. The molecule has 3 N–H and O–H groups in total. The van der Waals surface area contributed by atoms with Gasteiger partial charge >= 0.3 is 6.03 Å². The molecule has 2 aromatic carbocycles. The predicted molar refractivity (Wildman–Crippen MR) is 89.0 cm³/mol. The molecule has 0 spiro atoms. The van der Waals surface area contributed by atoms with Gasteiger partial charge < -0.3 is 15.7 Å². The Hall–Kier alpha value is -2.33. The molecule has 0 aliphatic heterocycles. The summed E-state index contributed by atoms with van der Waals surface area (Å²) >= 11 is 0. The van der Waals surface area contributed by atoms with Crippen molar-refractivity contribution in [3.63, 3.8) is 0 Å². The average Bonchev–Trinajstić information content (AvgIpc) is 2.53. The molecule has 0 saturated heterocycles. The van der Waals surface area contributed by atoms with Crippen molar-refractivity contribution in [2.24, 2.45) is 0 Å². The van der Waals surface area contributed by atoms with Gasteiger partial charge in [0.1, 0.15) is 0 Å².